The topological polar surface area (TPSA) is 108 Å². The van der Waals surface area contributed by atoms with E-state index >= 15 is 0 Å². The fourth-order valence-corrected chi connectivity index (χ4v) is 5.90. The summed E-state index contributed by atoms with van der Waals surface area (Å²) in [4.78, 5) is 36.9. The first-order chi connectivity index (χ1) is 25.1. The van der Waals surface area contributed by atoms with E-state index in [0.717, 1.165) is 57.8 Å². The number of hydrogen-bond donors (Lipinski definition) is 1. The summed E-state index contributed by atoms with van der Waals surface area (Å²) in [5.74, 6) is -2.01. The maximum absolute atomic E-state index is 12.7. The molecule has 0 bridgehead atoms. The molecule has 52 heavy (non-hydrogen) atoms. The van der Waals surface area contributed by atoms with Crippen molar-refractivity contribution in [1.82, 2.24) is 0 Å². The quantitative estimate of drug-likeness (QED) is 0.0218. The van der Waals surface area contributed by atoms with Crippen LogP contribution in [0.25, 0.3) is 0 Å². The van der Waals surface area contributed by atoms with Gasteiger partial charge in [0, 0.05) is 12.8 Å². The molecule has 0 amide bonds. The number of carbonyl (C=O) groups is 3. The third-order valence-corrected chi connectivity index (χ3v) is 9.25. The smallest absolute Gasteiger partial charge is 0.361 e. The summed E-state index contributed by atoms with van der Waals surface area (Å²) >= 11 is 0. The number of nitrogens with zero attached hydrogens (tertiary/aromatic N) is 1. The van der Waals surface area contributed by atoms with Gasteiger partial charge in [-0.1, -0.05) is 154 Å². The van der Waals surface area contributed by atoms with Gasteiger partial charge >= 0.3 is 17.9 Å². The second-order valence-electron chi connectivity index (χ2n) is 15.7. The third kappa shape index (κ3) is 36.4. The fraction of sp³-hybridized carbons (Fsp3) is 0.884. The van der Waals surface area contributed by atoms with Crippen LogP contribution in [-0.2, 0) is 33.3 Å². The van der Waals surface area contributed by atoms with Gasteiger partial charge in [0.05, 0.1) is 34.4 Å². The number of allylic oxidation sites excluding steroid dienone is 2. The maximum Gasteiger partial charge on any atom is 0.361 e. The Morgan fingerprint density at radius 3 is 1.50 bits per heavy atom. The first kappa shape index (κ1) is 50.0. The minimum atomic E-state index is -1.50. The van der Waals surface area contributed by atoms with Crippen LogP contribution in [0.2, 0.25) is 0 Å². The highest BCUT2D eigenvalue weighted by atomic mass is 16.7. The first-order valence-corrected chi connectivity index (χ1v) is 21.4. The number of rotatable bonds is 39. The van der Waals surface area contributed by atoms with Gasteiger partial charge in [-0.05, 0) is 32.1 Å². The molecule has 0 aliphatic rings. The van der Waals surface area contributed by atoms with E-state index < -0.39 is 24.3 Å². The third-order valence-electron chi connectivity index (χ3n) is 9.25. The van der Waals surface area contributed by atoms with Crippen molar-refractivity contribution < 1.29 is 42.9 Å². The van der Waals surface area contributed by atoms with E-state index in [9.17, 15) is 19.5 Å². The summed E-state index contributed by atoms with van der Waals surface area (Å²) < 4.78 is 22.6. The summed E-state index contributed by atoms with van der Waals surface area (Å²) in [6.07, 6.45) is 32.7. The Balaban J connectivity index is 4.38. The van der Waals surface area contributed by atoms with Gasteiger partial charge < -0.3 is 28.5 Å². The van der Waals surface area contributed by atoms with E-state index in [-0.39, 0.29) is 32.2 Å². The average molecular weight is 741 g/mol. The van der Waals surface area contributed by atoms with Crippen molar-refractivity contribution in [3.8, 4) is 0 Å². The minimum Gasteiger partial charge on any atom is -0.477 e. The number of unbranched alkanes of at least 4 members (excludes halogenated alkanes) is 22. The van der Waals surface area contributed by atoms with E-state index in [1.807, 2.05) is 21.1 Å². The number of aliphatic carboxylic acids is 1. The molecule has 9 heteroatoms. The van der Waals surface area contributed by atoms with Crippen LogP contribution < -0.4 is 0 Å². The van der Waals surface area contributed by atoms with Crippen LogP contribution in [0.4, 0.5) is 0 Å². The number of quaternary nitrogens is 1. The predicted octanol–water partition coefficient (Wildman–Crippen LogP) is 10.7. The number of ether oxygens (including phenoxy) is 4. The van der Waals surface area contributed by atoms with Crippen molar-refractivity contribution in [3.05, 3.63) is 12.2 Å². The van der Waals surface area contributed by atoms with Gasteiger partial charge in [-0.25, -0.2) is 4.79 Å². The zero-order valence-corrected chi connectivity index (χ0v) is 34.5. The van der Waals surface area contributed by atoms with Gasteiger partial charge in [-0.15, -0.1) is 0 Å². The minimum absolute atomic E-state index is 0.180. The Morgan fingerprint density at radius 1 is 0.558 bits per heavy atom. The molecule has 306 valence electrons. The van der Waals surface area contributed by atoms with Gasteiger partial charge in [0.25, 0.3) is 6.29 Å². The molecule has 0 spiro atoms. The molecular formula is C43H82NO8+. The number of carboxylic acids is 1. The van der Waals surface area contributed by atoms with Crippen molar-refractivity contribution >= 4 is 17.9 Å². The molecule has 0 rings (SSSR count). The molecule has 0 aliphatic heterocycles. The van der Waals surface area contributed by atoms with Gasteiger partial charge in [-0.3, -0.25) is 9.59 Å². The molecular weight excluding hydrogens is 658 g/mol. The lowest BCUT2D eigenvalue weighted by molar-refractivity contribution is -0.870. The highest BCUT2D eigenvalue weighted by Gasteiger charge is 2.25. The van der Waals surface area contributed by atoms with Crippen molar-refractivity contribution in [2.45, 2.75) is 200 Å². The van der Waals surface area contributed by atoms with Crippen LogP contribution in [0.15, 0.2) is 12.2 Å². The Labute approximate surface area is 319 Å². The fourth-order valence-electron chi connectivity index (χ4n) is 5.90. The lowest BCUT2D eigenvalue weighted by Gasteiger charge is -2.25. The Morgan fingerprint density at radius 2 is 1.02 bits per heavy atom. The second-order valence-corrected chi connectivity index (χ2v) is 15.7. The first-order valence-electron chi connectivity index (χ1n) is 21.4. The van der Waals surface area contributed by atoms with E-state index in [1.165, 1.54) is 96.3 Å². The maximum atomic E-state index is 12.7. The zero-order valence-electron chi connectivity index (χ0n) is 34.5. The summed E-state index contributed by atoms with van der Waals surface area (Å²) in [6, 6.07) is 0. The van der Waals surface area contributed by atoms with Crippen molar-refractivity contribution in [2.24, 2.45) is 0 Å². The van der Waals surface area contributed by atoms with Crippen LogP contribution in [0, 0.1) is 0 Å². The van der Waals surface area contributed by atoms with Crippen molar-refractivity contribution in [1.29, 1.82) is 0 Å². The number of esters is 2. The molecule has 0 aromatic carbocycles. The molecule has 0 saturated heterocycles. The standard InChI is InChI=1S/C43H81NO8/c1-6-8-10-12-14-16-18-19-20-21-22-23-24-26-27-29-31-33-40(45)50-37-39(38-51-43(42(47)48)49-36-35-44(3,4)5)52-41(46)34-32-30-28-25-17-15-13-11-9-7-2/h11,13,39,43H,6-10,12,14-38H2,1-5H3/p+1/b13-11-. The van der Waals surface area contributed by atoms with E-state index in [4.69, 9.17) is 18.9 Å². The van der Waals surface area contributed by atoms with Gasteiger partial charge in [0.15, 0.2) is 6.10 Å². The Kier molecular flexibility index (Phi) is 34.7. The average Bonchev–Trinajstić information content (AvgIpc) is 3.09. The van der Waals surface area contributed by atoms with Crippen LogP contribution in [-0.4, -0.2) is 87.4 Å². The summed E-state index contributed by atoms with van der Waals surface area (Å²) in [5.41, 5.74) is 0. The highest BCUT2D eigenvalue weighted by Crippen LogP contribution is 2.15. The van der Waals surface area contributed by atoms with Crippen LogP contribution in [0.5, 0.6) is 0 Å². The van der Waals surface area contributed by atoms with Gasteiger partial charge in [0.1, 0.15) is 13.2 Å². The summed E-state index contributed by atoms with van der Waals surface area (Å²) in [5, 5.41) is 9.60. The summed E-state index contributed by atoms with van der Waals surface area (Å²) in [7, 11) is 5.95. The van der Waals surface area contributed by atoms with Crippen LogP contribution >= 0.6 is 0 Å². The number of carbonyl (C=O) groups excluding carboxylic acids is 2. The predicted molar refractivity (Wildman–Crippen MR) is 212 cm³/mol. The SMILES string of the molecule is CCC/C=C\CCCCCCCC(=O)OC(COC(=O)CCCCCCCCCCCCCCCCCCC)COC(OCC[N+](C)(C)C)C(=O)O. The van der Waals surface area contributed by atoms with E-state index in [0.29, 0.717) is 23.9 Å². The molecule has 0 aromatic heterocycles. The molecule has 0 fully saturated rings. The normalized spacial score (nSPS) is 13.0. The Bertz CT molecular complexity index is 872. The number of hydrogen-bond acceptors (Lipinski definition) is 7. The van der Waals surface area contributed by atoms with Crippen LogP contribution in [0.3, 0.4) is 0 Å². The van der Waals surface area contributed by atoms with Crippen molar-refractivity contribution in [3.63, 3.8) is 0 Å². The molecule has 0 aliphatic carbocycles. The molecule has 0 radical (unpaired) electrons. The monoisotopic (exact) mass is 741 g/mol. The molecule has 0 saturated carbocycles. The molecule has 0 aromatic rings. The molecule has 1 N–H and O–H groups in total. The lowest BCUT2D eigenvalue weighted by Crippen LogP contribution is -2.40. The van der Waals surface area contributed by atoms with Crippen LogP contribution in [0.1, 0.15) is 187 Å². The molecule has 9 nitrogen and oxygen atoms in total. The molecule has 2 unspecified atom stereocenters. The highest BCUT2D eigenvalue weighted by molar-refractivity contribution is 5.71. The molecule has 2 atom stereocenters. The largest absolute Gasteiger partial charge is 0.477 e. The van der Waals surface area contributed by atoms with Gasteiger partial charge in [-0.2, -0.15) is 0 Å². The van der Waals surface area contributed by atoms with Crippen molar-refractivity contribution in [2.75, 3.05) is 47.5 Å². The summed E-state index contributed by atoms with van der Waals surface area (Å²) in [6.45, 7) is 4.80. The number of carboxylic acid groups (broad SMARTS) is 1. The Hall–Kier alpha value is -1.97. The zero-order chi connectivity index (χ0) is 38.5. The lowest BCUT2D eigenvalue weighted by atomic mass is 10.0. The number of likely N-dealkylation sites (N-methyl/N-ethyl adjacent to an activating group) is 1. The van der Waals surface area contributed by atoms with E-state index in [2.05, 4.69) is 26.0 Å². The van der Waals surface area contributed by atoms with E-state index in [1.54, 1.807) is 0 Å². The van der Waals surface area contributed by atoms with Gasteiger partial charge in [0.2, 0.25) is 0 Å². The molecule has 0 heterocycles. The second kappa shape index (κ2) is 36.0.